The van der Waals surface area contributed by atoms with E-state index in [1.807, 2.05) is 0 Å². The molecule has 0 aliphatic carbocycles. The lowest BCUT2D eigenvalue weighted by Gasteiger charge is -2.01. The summed E-state index contributed by atoms with van der Waals surface area (Å²) >= 11 is 0. The molecule has 86 valence electrons. The molecule has 0 unspecified atom stereocenters. The van der Waals surface area contributed by atoms with Crippen LogP contribution in [0.4, 0.5) is 8.78 Å². The first-order valence-corrected chi connectivity index (χ1v) is 4.88. The van der Waals surface area contributed by atoms with Crippen LogP contribution in [-0.4, -0.2) is 15.8 Å². The van der Waals surface area contributed by atoms with Gasteiger partial charge in [-0.05, 0) is 17.7 Å². The highest BCUT2D eigenvalue weighted by molar-refractivity contribution is 5.96. The molecule has 2 aromatic rings. The third kappa shape index (κ3) is 2.90. The summed E-state index contributed by atoms with van der Waals surface area (Å²) in [5, 5.41) is 0. The molecule has 1 aromatic carbocycles. The molecule has 3 nitrogen and oxygen atoms in total. The summed E-state index contributed by atoms with van der Waals surface area (Å²) in [6.07, 6.45) is 3.96. The van der Waals surface area contributed by atoms with E-state index in [9.17, 15) is 13.6 Å². The SMILES string of the molecule is O=C(Cc1cc(F)cc(F)c1)c1cncnc1. The van der Waals surface area contributed by atoms with Crippen molar-refractivity contribution in [3.63, 3.8) is 0 Å². The standard InChI is InChI=1S/C12H8F2N2O/c13-10-1-8(2-11(14)4-10)3-12(17)9-5-15-7-16-6-9/h1-2,4-7H,3H2. The zero-order chi connectivity index (χ0) is 12.3. The quantitative estimate of drug-likeness (QED) is 0.764. The first kappa shape index (κ1) is 11.3. The highest BCUT2D eigenvalue weighted by Gasteiger charge is 2.09. The van der Waals surface area contributed by atoms with E-state index < -0.39 is 11.6 Å². The molecule has 0 bridgehead atoms. The number of carbonyl (C=O) groups excluding carboxylic acids is 1. The molecule has 0 radical (unpaired) electrons. The van der Waals surface area contributed by atoms with E-state index in [-0.39, 0.29) is 17.8 Å². The number of carbonyl (C=O) groups is 1. The Morgan fingerprint density at radius 2 is 1.65 bits per heavy atom. The molecular weight excluding hydrogens is 226 g/mol. The van der Waals surface area contributed by atoms with Gasteiger partial charge in [0, 0.05) is 24.9 Å². The third-order valence-electron chi connectivity index (χ3n) is 2.17. The van der Waals surface area contributed by atoms with E-state index in [0.717, 1.165) is 18.2 Å². The lowest BCUT2D eigenvalue weighted by atomic mass is 10.1. The fourth-order valence-corrected chi connectivity index (χ4v) is 1.44. The largest absolute Gasteiger partial charge is 0.294 e. The monoisotopic (exact) mass is 234 g/mol. The van der Waals surface area contributed by atoms with Gasteiger partial charge in [0.15, 0.2) is 5.78 Å². The number of rotatable bonds is 3. The van der Waals surface area contributed by atoms with E-state index in [1.54, 1.807) is 0 Å². The predicted molar refractivity (Wildman–Crippen MR) is 56.4 cm³/mol. The Morgan fingerprint density at radius 3 is 2.24 bits per heavy atom. The van der Waals surface area contributed by atoms with Crippen LogP contribution < -0.4 is 0 Å². The number of aromatic nitrogens is 2. The van der Waals surface area contributed by atoms with Crippen molar-refractivity contribution in [1.29, 1.82) is 0 Å². The summed E-state index contributed by atoms with van der Waals surface area (Å²) in [5.74, 6) is -1.68. The molecule has 0 fully saturated rings. The molecule has 0 N–H and O–H groups in total. The Kier molecular flexibility index (Phi) is 3.18. The lowest BCUT2D eigenvalue weighted by molar-refractivity contribution is 0.0992. The molecule has 0 saturated carbocycles. The van der Waals surface area contributed by atoms with E-state index in [0.29, 0.717) is 5.56 Å². The van der Waals surface area contributed by atoms with E-state index in [4.69, 9.17) is 0 Å². The normalized spacial score (nSPS) is 10.2. The Bertz CT molecular complexity index is 523. The van der Waals surface area contributed by atoms with E-state index in [1.165, 1.54) is 18.7 Å². The van der Waals surface area contributed by atoms with Crippen molar-refractivity contribution in [2.45, 2.75) is 6.42 Å². The summed E-state index contributed by atoms with van der Waals surface area (Å²) < 4.78 is 25.8. The molecule has 2 rings (SSSR count). The van der Waals surface area contributed by atoms with Gasteiger partial charge >= 0.3 is 0 Å². The number of Topliss-reactive ketones (excluding diaryl/α,β-unsaturated/α-hetero) is 1. The molecule has 0 aliphatic rings. The number of hydrogen-bond donors (Lipinski definition) is 0. The Labute approximate surface area is 96.2 Å². The van der Waals surface area contributed by atoms with Crippen molar-refractivity contribution in [3.8, 4) is 0 Å². The number of nitrogens with zero attached hydrogens (tertiary/aromatic N) is 2. The van der Waals surface area contributed by atoms with Crippen LogP contribution in [0.25, 0.3) is 0 Å². The molecule has 17 heavy (non-hydrogen) atoms. The molecule has 0 spiro atoms. The summed E-state index contributed by atoms with van der Waals surface area (Å²) in [4.78, 5) is 19.1. The van der Waals surface area contributed by atoms with Crippen molar-refractivity contribution in [2.24, 2.45) is 0 Å². The number of ketones is 1. The van der Waals surface area contributed by atoms with Crippen molar-refractivity contribution >= 4 is 5.78 Å². The number of hydrogen-bond acceptors (Lipinski definition) is 3. The van der Waals surface area contributed by atoms with Gasteiger partial charge in [-0.25, -0.2) is 18.7 Å². The Hall–Kier alpha value is -2.17. The van der Waals surface area contributed by atoms with Crippen molar-refractivity contribution in [2.75, 3.05) is 0 Å². The Balaban J connectivity index is 2.19. The first-order chi connectivity index (χ1) is 8.15. The summed E-state index contributed by atoms with van der Waals surface area (Å²) in [5.41, 5.74) is 0.605. The molecular formula is C12H8F2N2O. The fourth-order valence-electron chi connectivity index (χ4n) is 1.44. The van der Waals surface area contributed by atoms with Gasteiger partial charge in [0.1, 0.15) is 18.0 Å². The van der Waals surface area contributed by atoms with Crippen molar-refractivity contribution in [1.82, 2.24) is 9.97 Å². The van der Waals surface area contributed by atoms with Gasteiger partial charge in [0.2, 0.25) is 0 Å². The van der Waals surface area contributed by atoms with Crippen molar-refractivity contribution in [3.05, 3.63) is 59.7 Å². The minimum Gasteiger partial charge on any atom is -0.294 e. The van der Waals surface area contributed by atoms with Crippen LogP contribution >= 0.6 is 0 Å². The number of halogens is 2. The van der Waals surface area contributed by atoms with Crippen molar-refractivity contribution < 1.29 is 13.6 Å². The second-order valence-electron chi connectivity index (χ2n) is 3.50. The maximum atomic E-state index is 12.9. The minimum absolute atomic E-state index is 0.0813. The van der Waals surface area contributed by atoms with Gasteiger partial charge in [0.25, 0.3) is 0 Å². The van der Waals surface area contributed by atoms with Gasteiger partial charge in [-0.1, -0.05) is 0 Å². The highest BCUT2D eigenvalue weighted by Crippen LogP contribution is 2.10. The highest BCUT2D eigenvalue weighted by atomic mass is 19.1. The predicted octanol–water partition coefficient (Wildman–Crippen LogP) is 2.18. The third-order valence-corrected chi connectivity index (χ3v) is 2.17. The molecule has 0 atom stereocenters. The summed E-state index contributed by atoms with van der Waals surface area (Å²) in [6.45, 7) is 0. The molecule has 0 aliphatic heterocycles. The number of benzene rings is 1. The van der Waals surface area contributed by atoms with Crippen LogP contribution in [0, 0.1) is 11.6 Å². The summed E-state index contributed by atoms with van der Waals surface area (Å²) in [6, 6.07) is 3.02. The minimum atomic E-state index is -0.697. The maximum absolute atomic E-state index is 12.9. The van der Waals surface area contributed by atoms with Gasteiger partial charge < -0.3 is 0 Å². The van der Waals surface area contributed by atoms with Gasteiger partial charge in [-0.3, -0.25) is 4.79 Å². The van der Waals surface area contributed by atoms with Crippen LogP contribution in [-0.2, 0) is 6.42 Å². The van der Waals surface area contributed by atoms with E-state index in [2.05, 4.69) is 9.97 Å². The van der Waals surface area contributed by atoms with Gasteiger partial charge in [-0.15, -0.1) is 0 Å². The lowest BCUT2D eigenvalue weighted by Crippen LogP contribution is -2.05. The summed E-state index contributed by atoms with van der Waals surface area (Å²) in [7, 11) is 0. The molecule has 5 heteroatoms. The van der Waals surface area contributed by atoms with Crippen LogP contribution in [0.1, 0.15) is 15.9 Å². The molecule has 1 heterocycles. The zero-order valence-corrected chi connectivity index (χ0v) is 8.73. The van der Waals surface area contributed by atoms with Gasteiger partial charge in [-0.2, -0.15) is 0 Å². The average molecular weight is 234 g/mol. The molecule has 1 aromatic heterocycles. The fraction of sp³-hybridized carbons (Fsp3) is 0.0833. The second-order valence-corrected chi connectivity index (χ2v) is 3.50. The molecule has 0 amide bonds. The van der Waals surface area contributed by atoms with Gasteiger partial charge in [0.05, 0.1) is 5.56 Å². The van der Waals surface area contributed by atoms with Crippen LogP contribution in [0.15, 0.2) is 36.9 Å². The Morgan fingerprint density at radius 1 is 1.06 bits per heavy atom. The van der Waals surface area contributed by atoms with Crippen LogP contribution in [0.2, 0.25) is 0 Å². The molecule has 0 saturated heterocycles. The van der Waals surface area contributed by atoms with E-state index >= 15 is 0 Å². The maximum Gasteiger partial charge on any atom is 0.170 e. The topological polar surface area (TPSA) is 42.9 Å². The first-order valence-electron chi connectivity index (χ1n) is 4.88. The second kappa shape index (κ2) is 4.78. The van der Waals surface area contributed by atoms with Crippen LogP contribution in [0.5, 0.6) is 0 Å². The zero-order valence-electron chi connectivity index (χ0n) is 8.73. The smallest absolute Gasteiger partial charge is 0.170 e. The van der Waals surface area contributed by atoms with Crippen LogP contribution in [0.3, 0.4) is 0 Å². The average Bonchev–Trinajstić information content (AvgIpc) is 2.28.